The number of para-hydroxylation sites is 1. The molecule has 8 heteroatoms. The molecule has 0 unspecified atom stereocenters. The fourth-order valence-corrected chi connectivity index (χ4v) is 4.09. The first-order valence-corrected chi connectivity index (χ1v) is 9.04. The highest BCUT2D eigenvalue weighted by Crippen LogP contribution is 2.35. The largest absolute Gasteiger partial charge is 0.434 e. The SMILES string of the molecule is C[C@@H]1C(CCc2n[nH]c(=O)o2)=Cc2ccccc2N1S(C)(=O)=O. The normalized spacial score (nSPS) is 17.7. The van der Waals surface area contributed by atoms with Crippen LogP contribution in [0.1, 0.15) is 24.8 Å². The lowest BCUT2D eigenvalue weighted by molar-refractivity contribution is 0.459. The van der Waals surface area contributed by atoms with Gasteiger partial charge in [-0.15, -0.1) is 5.10 Å². The summed E-state index contributed by atoms with van der Waals surface area (Å²) in [4.78, 5) is 11.0. The molecule has 23 heavy (non-hydrogen) atoms. The van der Waals surface area contributed by atoms with Gasteiger partial charge in [0.05, 0.1) is 18.0 Å². The van der Waals surface area contributed by atoms with Gasteiger partial charge in [0.1, 0.15) is 0 Å². The molecule has 0 saturated carbocycles. The van der Waals surface area contributed by atoms with E-state index in [2.05, 4.69) is 10.2 Å². The van der Waals surface area contributed by atoms with Crippen LogP contribution in [0, 0.1) is 0 Å². The van der Waals surface area contributed by atoms with Crippen molar-refractivity contribution in [1.82, 2.24) is 10.2 Å². The van der Waals surface area contributed by atoms with Gasteiger partial charge in [0.2, 0.25) is 15.9 Å². The first kappa shape index (κ1) is 15.5. The maximum Gasteiger partial charge on any atom is 0.434 e. The Kier molecular flexibility index (Phi) is 3.85. The Morgan fingerprint density at radius 3 is 2.70 bits per heavy atom. The van der Waals surface area contributed by atoms with Crippen molar-refractivity contribution in [3.63, 3.8) is 0 Å². The topological polar surface area (TPSA) is 96.3 Å². The first-order valence-electron chi connectivity index (χ1n) is 7.19. The maximum absolute atomic E-state index is 12.2. The summed E-state index contributed by atoms with van der Waals surface area (Å²) >= 11 is 0. The Morgan fingerprint density at radius 1 is 1.30 bits per heavy atom. The monoisotopic (exact) mass is 335 g/mol. The number of nitrogens with zero attached hydrogens (tertiary/aromatic N) is 2. The summed E-state index contributed by atoms with van der Waals surface area (Å²) in [5.41, 5.74) is 2.48. The van der Waals surface area contributed by atoms with Crippen molar-refractivity contribution in [2.75, 3.05) is 10.6 Å². The van der Waals surface area contributed by atoms with Crippen LogP contribution in [0.15, 0.2) is 39.1 Å². The van der Waals surface area contributed by atoms with Gasteiger partial charge in [-0.05, 0) is 30.5 Å². The van der Waals surface area contributed by atoms with E-state index in [1.807, 2.05) is 31.2 Å². The van der Waals surface area contributed by atoms with Crippen molar-refractivity contribution in [3.8, 4) is 0 Å². The summed E-state index contributed by atoms with van der Waals surface area (Å²) in [6, 6.07) is 7.07. The van der Waals surface area contributed by atoms with Crippen LogP contribution in [0.4, 0.5) is 5.69 Å². The Hall–Kier alpha value is -2.35. The number of hydrogen-bond acceptors (Lipinski definition) is 5. The lowest BCUT2D eigenvalue weighted by Crippen LogP contribution is -2.41. The molecule has 1 aliphatic rings. The molecule has 0 radical (unpaired) electrons. The molecule has 1 atom stereocenters. The van der Waals surface area contributed by atoms with Crippen LogP contribution in [0.2, 0.25) is 0 Å². The minimum absolute atomic E-state index is 0.300. The molecule has 0 saturated heterocycles. The number of H-pyrrole nitrogens is 1. The molecule has 0 fully saturated rings. The summed E-state index contributed by atoms with van der Waals surface area (Å²) < 4.78 is 30.7. The number of rotatable bonds is 4. The highest BCUT2D eigenvalue weighted by atomic mass is 32.2. The number of anilines is 1. The van der Waals surface area contributed by atoms with E-state index in [1.54, 1.807) is 6.07 Å². The third kappa shape index (κ3) is 3.07. The molecule has 2 aromatic rings. The van der Waals surface area contributed by atoms with Gasteiger partial charge in [0.15, 0.2) is 0 Å². The van der Waals surface area contributed by atoms with Crippen LogP contribution in [-0.2, 0) is 16.4 Å². The van der Waals surface area contributed by atoms with Crippen LogP contribution in [0.5, 0.6) is 0 Å². The maximum atomic E-state index is 12.2. The predicted octanol–water partition coefficient (Wildman–Crippen LogP) is 1.55. The molecular weight excluding hydrogens is 318 g/mol. The summed E-state index contributed by atoms with van der Waals surface area (Å²) in [6.45, 7) is 1.85. The van der Waals surface area contributed by atoms with Gasteiger partial charge in [-0.2, -0.15) is 0 Å². The average Bonchev–Trinajstić information content (AvgIpc) is 2.89. The van der Waals surface area contributed by atoms with E-state index < -0.39 is 15.8 Å². The molecule has 0 bridgehead atoms. The van der Waals surface area contributed by atoms with Gasteiger partial charge in [0.25, 0.3) is 0 Å². The number of hydrogen-bond donors (Lipinski definition) is 1. The molecule has 0 spiro atoms. The zero-order valence-corrected chi connectivity index (χ0v) is 13.6. The van der Waals surface area contributed by atoms with E-state index in [4.69, 9.17) is 4.42 Å². The molecule has 1 N–H and O–H groups in total. The van der Waals surface area contributed by atoms with Crippen LogP contribution in [0.25, 0.3) is 6.08 Å². The summed E-state index contributed by atoms with van der Waals surface area (Å²) in [7, 11) is -3.40. The zero-order chi connectivity index (χ0) is 16.6. The van der Waals surface area contributed by atoms with Crippen LogP contribution in [-0.4, -0.2) is 30.9 Å². The molecule has 7 nitrogen and oxygen atoms in total. The van der Waals surface area contributed by atoms with Crippen molar-refractivity contribution in [3.05, 3.63) is 51.8 Å². The van der Waals surface area contributed by atoms with Gasteiger partial charge in [-0.1, -0.05) is 24.3 Å². The van der Waals surface area contributed by atoms with Crippen LogP contribution < -0.4 is 10.1 Å². The first-order chi connectivity index (χ1) is 10.9. The highest BCUT2D eigenvalue weighted by Gasteiger charge is 2.31. The average molecular weight is 335 g/mol. The molecule has 1 aromatic carbocycles. The van der Waals surface area contributed by atoms with Crippen molar-refractivity contribution in [2.24, 2.45) is 0 Å². The van der Waals surface area contributed by atoms with Gasteiger partial charge in [0, 0.05) is 6.42 Å². The minimum Gasteiger partial charge on any atom is -0.392 e. The second-order valence-corrected chi connectivity index (χ2v) is 7.38. The van der Waals surface area contributed by atoms with E-state index in [-0.39, 0.29) is 6.04 Å². The van der Waals surface area contributed by atoms with Crippen LogP contribution >= 0.6 is 0 Å². The summed E-state index contributed by atoms with van der Waals surface area (Å²) in [5.74, 6) is -0.276. The fourth-order valence-electron chi connectivity index (χ4n) is 2.86. The molecule has 1 aliphatic heterocycles. The quantitative estimate of drug-likeness (QED) is 0.914. The standard InChI is InChI=1S/C15H17N3O4S/c1-10-11(7-8-14-16-17-15(19)22-14)9-12-5-3-4-6-13(12)18(10)23(2,20)21/h3-6,9-10H,7-8H2,1-2H3,(H,17,19)/t10-/m1/s1. The predicted molar refractivity (Wildman–Crippen MR) is 86.6 cm³/mol. The van der Waals surface area contributed by atoms with E-state index in [0.29, 0.717) is 24.4 Å². The molecule has 1 aromatic heterocycles. The Balaban J connectivity index is 1.94. The van der Waals surface area contributed by atoms with Crippen molar-refractivity contribution in [1.29, 1.82) is 0 Å². The Bertz CT molecular complexity index is 911. The molecule has 0 aliphatic carbocycles. The third-order valence-corrected chi connectivity index (χ3v) is 5.10. The Labute approximate surface area is 133 Å². The Morgan fingerprint density at radius 2 is 2.04 bits per heavy atom. The van der Waals surface area contributed by atoms with E-state index in [0.717, 1.165) is 11.1 Å². The van der Waals surface area contributed by atoms with E-state index in [9.17, 15) is 13.2 Å². The van der Waals surface area contributed by atoms with Crippen molar-refractivity contribution < 1.29 is 12.8 Å². The number of aromatic nitrogens is 2. The summed E-state index contributed by atoms with van der Waals surface area (Å²) in [6.07, 6.45) is 4.17. The van der Waals surface area contributed by atoms with E-state index >= 15 is 0 Å². The second kappa shape index (κ2) is 5.69. The molecule has 0 amide bonds. The van der Waals surface area contributed by atoms with Gasteiger partial charge in [-0.3, -0.25) is 4.31 Å². The van der Waals surface area contributed by atoms with Crippen molar-refractivity contribution >= 4 is 21.8 Å². The molecular formula is C15H17N3O4S. The number of benzene rings is 1. The number of aryl methyl sites for hydroxylation is 1. The van der Waals surface area contributed by atoms with Gasteiger partial charge >= 0.3 is 5.76 Å². The summed E-state index contributed by atoms with van der Waals surface area (Å²) in [5, 5.41) is 5.99. The molecule has 3 rings (SSSR count). The smallest absolute Gasteiger partial charge is 0.392 e. The fraction of sp³-hybridized carbons (Fsp3) is 0.333. The number of sulfonamides is 1. The number of nitrogens with one attached hydrogen (secondary N) is 1. The van der Waals surface area contributed by atoms with Crippen molar-refractivity contribution in [2.45, 2.75) is 25.8 Å². The minimum atomic E-state index is -3.40. The van der Waals surface area contributed by atoms with Gasteiger partial charge < -0.3 is 4.42 Å². The second-order valence-electron chi connectivity index (χ2n) is 5.52. The third-order valence-electron chi connectivity index (χ3n) is 3.87. The van der Waals surface area contributed by atoms with Gasteiger partial charge in [-0.25, -0.2) is 18.3 Å². The lowest BCUT2D eigenvalue weighted by atomic mass is 9.95. The highest BCUT2D eigenvalue weighted by molar-refractivity contribution is 7.92. The van der Waals surface area contributed by atoms with Crippen LogP contribution in [0.3, 0.4) is 0 Å². The lowest BCUT2D eigenvalue weighted by Gasteiger charge is -2.35. The zero-order valence-electron chi connectivity index (χ0n) is 12.8. The molecule has 122 valence electrons. The number of fused-ring (bicyclic) bond motifs is 1. The van der Waals surface area contributed by atoms with E-state index in [1.165, 1.54) is 10.6 Å². The number of aromatic amines is 1. The molecule has 2 heterocycles.